The van der Waals surface area contributed by atoms with Crippen LogP contribution in [0.2, 0.25) is 0 Å². The molecule has 0 aliphatic rings. The average molecular weight is 509 g/mol. The van der Waals surface area contributed by atoms with Crippen LogP contribution in [-0.2, 0) is 28.6 Å². The second kappa shape index (κ2) is 21.8. The summed E-state index contributed by atoms with van der Waals surface area (Å²) in [6.07, 6.45) is 15.5. The largest absolute Gasteiger partial charge is 0.458 e. The third-order valence-corrected chi connectivity index (χ3v) is 5.51. The Morgan fingerprint density at radius 1 is 0.806 bits per heavy atom. The van der Waals surface area contributed by atoms with Crippen LogP contribution in [-0.4, -0.2) is 48.4 Å². The van der Waals surface area contributed by atoms with E-state index in [1.807, 2.05) is 0 Å². The predicted molar refractivity (Wildman–Crippen MR) is 142 cm³/mol. The lowest BCUT2D eigenvalue weighted by molar-refractivity contribution is -0.164. The van der Waals surface area contributed by atoms with Crippen molar-refractivity contribution in [2.24, 2.45) is 0 Å². The molecular formula is C29H48O7. The van der Waals surface area contributed by atoms with Crippen molar-refractivity contribution in [1.82, 2.24) is 0 Å². The molecule has 0 saturated carbocycles. The first kappa shape index (κ1) is 33.6. The van der Waals surface area contributed by atoms with Crippen LogP contribution in [0.4, 0.5) is 0 Å². The molecule has 0 heterocycles. The summed E-state index contributed by atoms with van der Waals surface area (Å²) in [7, 11) is 0. The molecule has 1 N–H and O–H groups in total. The first-order chi connectivity index (χ1) is 17.2. The fraction of sp³-hybridized carbons (Fsp3) is 0.690. The molecule has 0 amide bonds. The molecule has 7 nitrogen and oxygen atoms in total. The second-order valence-corrected chi connectivity index (χ2v) is 9.39. The molecule has 0 fully saturated rings. The maximum atomic E-state index is 12.2. The standard InChI is InChI=1S/C29H48O7/c1-6-7-8-15-18-25(30)19-16-13-11-9-10-12-14-17-20-27(31)36-26(21-34-28(32)23(2)3)22-35-29(33)24(4)5/h13,16,25-26,30H,2,4,6-12,14-15,17-22H2,1,3,5H3/b16-13+. The van der Waals surface area contributed by atoms with Crippen LogP contribution in [0.5, 0.6) is 0 Å². The number of esters is 3. The summed E-state index contributed by atoms with van der Waals surface area (Å²) in [5.41, 5.74) is 0.454. The molecule has 1 atom stereocenters. The van der Waals surface area contributed by atoms with Crippen molar-refractivity contribution < 1.29 is 33.7 Å². The smallest absolute Gasteiger partial charge is 0.333 e. The summed E-state index contributed by atoms with van der Waals surface area (Å²) in [4.78, 5) is 35.4. The van der Waals surface area contributed by atoms with Gasteiger partial charge in [-0.1, -0.05) is 77.2 Å². The van der Waals surface area contributed by atoms with Gasteiger partial charge in [-0.15, -0.1) is 0 Å². The molecule has 0 aliphatic heterocycles. The molecule has 0 spiro atoms. The lowest BCUT2D eigenvalue weighted by Gasteiger charge is -2.18. The zero-order valence-electron chi connectivity index (χ0n) is 22.7. The Morgan fingerprint density at radius 2 is 1.36 bits per heavy atom. The molecule has 0 rings (SSSR count). The molecule has 0 aromatic heterocycles. The van der Waals surface area contributed by atoms with Crippen molar-refractivity contribution in [3.63, 3.8) is 0 Å². The monoisotopic (exact) mass is 508 g/mol. The Labute approximate surface area is 218 Å². The molecule has 206 valence electrons. The van der Waals surface area contributed by atoms with E-state index < -0.39 is 24.0 Å². The Balaban J connectivity index is 4.03. The van der Waals surface area contributed by atoms with Crippen LogP contribution in [0.3, 0.4) is 0 Å². The van der Waals surface area contributed by atoms with Crippen LogP contribution in [0.25, 0.3) is 0 Å². The minimum Gasteiger partial charge on any atom is -0.458 e. The van der Waals surface area contributed by atoms with Gasteiger partial charge >= 0.3 is 17.9 Å². The fourth-order valence-electron chi connectivity index (χ4n) is 3.30. The van der Waals surface area contributed by atoms with Gasteiger partial charge in [-0.2, -0.15) is 0 Å². The topological polar surface area (TPSA) is 99.1 Å². The Kier molecular flexibility index (Phi) is 20.4. The number of allylic oxidation sites excluding steroid dienone is 1. The number of rotatable bonds is 22. The van der Waals surface area contributed by atoms with Crippen molar-refractivity contribution in [3.8, 4) is 0 Å². The second-order valence-electron chi connectivity index (χ2n) is 9.39. The van der Waals surface area contributed by atoms with Crippen molar-refractivity contribution in [3.05, 3.63) is 36.5 Å². The number of unbranched alkanes of at least 4 members (excludes halogenated alkanes) is 8. The third-order valence-electron chi connectivity index (χ3n) is 5.51. The Bertz CT molecular complexity index is 666. The number of carbonyl (C=O) groups is 3. The quantitative estimate of drug-likeness (QED) is 0.0616. The van der Waals surface area contributed by atoms with Gasteiger partial charge in [0, 0.05) is 17.6 Å². The van der Waals surface area contributed by atoms with E-state index in [-0.39, 0.29) is 36.9 Å². The molecule has 36 heavy (non-hydrogen) atoms. The number of ether oxygens (including phenoxy) is 3. The van der Waals surface area contributed by atoms with E-state index in [0.29, 0.717) is 6.42 Å². The fourth-order valence-corrected chi connectivity index (χ4v) is 3.30. The molecule has 0 radical (unpaired) electrons. The Hall–Kier alpha value is -2.41. The maximum absolute atomic E-state index is 12.2. The van der Waals surface area contributed by atoms with Gasteiger partial charge in [-0.3, -0.25) is 4.79 Å². The number of hydrogen-bond donors (Lipinski definition) is 1. The van der Waals surface area contributed by atoms with E-state index in [2.05, 4.69) is 32.2 Å². The highest BCUT2D eigenvalue weighted by Gasteiger charge is 2.19. The van der Waals surface area contributed by atoms with Crippen molar-refractivity contribution >= 4 is 17.9 Å². The molecule has 0 aliphatic carbocycles. The van der Waals surface area contributed by atoms with Gasteiger partial charge in [0.25, 0.3) is 0 Å². The molecular weight excluding hydrogens is 460 g/mol. The Morgan fingerprint density at radius 3 is 1.94 bits per heavy atom. The summed E-state index contributed by atoms with van der Waals surface area (Å²) in [6.45, 7) is 11.8. The lowest BCUT2D eigenvalue weighted by Crippen LogP contribution is -2.31. The van der Waals surface area contributed by atoms with E-state index in [1.54, 1.807) is 0 Å². The average Bonchev–Trinajstić information content (AvgIpc) is 2.83. The van der Waals surface area contributed by atoms with Gasteiger partial charge < -0.3 is 19.3 Å². The minimum atomic E-state index is -0.884. The van der Waals surface area contributed by atoms with E-state index in [4.69, 9.17) is 14.2 Å². The SMILES string of the molecule is C=C(C)C(=O)OCC(COC(=O)C(=C)C)OC(=O)CCCCCCC/C=C/CC(O)CCCCCC. The van der Waals surface area contributed by atoms with Crippen LogP contribution < -0.4 is 0 Å². The molecule has 0 bridgehead atoms. The molecule has 1 unspecified atom stereocenters. The van der Waals surface area contributed by atoms with Crippen LogP contribution in [0, 0.1) is 0 Å². The van der Waals surface area contributed by atoms with E-state index >= 15 is 0 Å². The highest BCUT2D eigenvalue weighted by Crippen LogP contribution is 2.11. The highest BCUT2D eigenvalue weighted by molar-refractivity contribution is 5.87. The first-order valence-electron chi connectivity index (χ1n) is 13.3. The first-order valence-corrected chi connectivity index (χ1v) is 13.3. The summed E-state index contributed by atoms with van der Waals surface area (Å²) < 4.78 is 15.5. The zero-order valence-corrected chi connectivity index (χ0v) is 22.7. The maximum Gasteiger partial charge on any atom is 0.333 e. The minimum absolute atomic E-state index is 0.218. The van der Waals surface area contributed by atoms with Crippen molar-refractivity contribution in [1.29, 1.82) is 0 Å². The van der Waals surface area contributed by atoms with Gasteiger partial charge in [-0.25, -0.2) is 9.59 Å². The highest BCUT2D eigenvalue weighted by atomic mass is 16.6. The molecule has 0 saturated heterocycles. The zero-order chi connectivity index (χ0) is 27.2. The molecule has 0 aromatic rings. The lowest BCUT2D eigenvalue weighted by atomic mass is 10.1. The molecule has 7 heteroatoms. The number of carbonyl (C=O) groups excluding carboxylic acids is 3. The van der Waals surface area contributed by atoms with Crippen LogP contribution in [0.15, 0.2) is 36.5 Å². The van der Waals surface area contributed by atoms with E-state index in [1.165, 1.54) is 33.1 Å². The van der Waals surface area contributed by atoms with Gasteiger partial charge in [0.15, 0.2) is 6.10 Å². The van der Waals surface area contributed by atoms with Crippen LogP contribution >= 0.6 is 0 Å². The summed E-state index contributed by atoms with van der Waals surface area (Å²) >= 11 is 0. The number of aliphatic hydroxyl groups excluding tert-OH is 1. The third kappa shape index (κ3) is 19.8. The molecule has 0 aromatic carbocycles. The van der Waals surface area contributed by atoms with Gasteiger partial charge in [-0.05, 0) is 46.0 Å². The number of aliphatic hydroxyl groups is 1. The van der Waals surface area contributed by atoms with Crippen LogP contribution in [0.1, 0.15) is 104 Å². The van der Waals surface area contributed by atoms with Gasteiger partial charge in [0.1, 0.15) is 13.2 Å². The van der Waals surface area contributed by atoms with Crippen molar-refractivity contribution in [2.75, 3.05) is 13.2 Å². The van der Waals surface area contributed by atoms with E-state index in [9.17, 15) is 19.5 Å². The predicted octanol–water partition coefficient (Wildman–Crippen LogP) is 6.15. The normalized spacial score (nSPS) is 11.9. The summed E-state index contributed by atoms with van der Waals surface area (Å²) in [6, 6.07) is 0. The summed E-state index contributed by atoms with van der Waals surface area (Å²) in [5, 5.41) is 9.96. The van der Waals surface area contributed by atoms with Crippen molar-refractivity contribution in [2.45, 2.75) is 116 Å². The van der Waals surface area contributed by atoms with E-state index in [0.717, 1.165) is 51.4 Å². The number of hydrogen-bond acceptors (Lipinski definition) is 7. The van der Waals surface area contributed by atoms with Gasteiger partial charge in [0.2, 0.25) is 0 Å². The van der Waals surface area contributed by atoms with Gasteiger partial charge in [0.05, 0.1) is 6.10 Å². The summed E-state index contributed by atoms with van der Waals surface area (Å²) in [5.74, 6) is -1.62.